The zero-order valence-electron chi connectivity index (χ0n) is 21.4. The molecule has 1 N–H and O–H groups in total. The fourth-order valence-electron chi connectivity index (χ4n) is 4.05. The molecule has 3 aromatic rings. The van der Waals surface area contributed by atoms with Crippen molar-refractivity contribution in [2.45, 2.75) is 58.7 Å². The highest BCUT2D eigenvalue weighted by atomic mass is 16.5. The molecule has 0 bridgehead atoms. The number of rotatable bonds is 9. The molecule has 0 saturated carbocycles. The van der Waals surface area contributed by atoms with E-state index in [0.717, 1.165) is 22.3 Å². The van der Waals surface area contributed by atoms with Gasteiger partial charge in [0.2, 0.25) is 11.8 Å². The summed E-state index contributed by atoms with van der Waals surface area (Å²) in [6, 6.07) is 24.7. The van der Waals surface area contributed by atoms with E-state index in [9.17, 15) is 9.59 Å². The molecule has 35 heavy (non-hydrogen) atoms. The number of hydrogen-bond donors (Lipinski definition) is 1. The maximum Gasteiger partial charge on any atom is 0.243 e. The largest absolute Gasteiger partial charge is 0.497 e. The fraction of sp³-hybridized carbons (Fsp3) is 0.333. The Balaban J connectivity index is 2.01. The number of ether oxygens (including phenoxy) is 1. The molecular formula is C30H36N2O3. The van der Waals surface area contributed by atoms with Crippen LogP contribution in [0, 0.1) is 6.92 Å². The van der Waals surface area contributed by atoms with Gasteiger partial charge in [-0.15, -0.1) is 0 Å². The van der Waals surface area contributed by atoms with Crippen LogP contribution >= 0.6 is 0 Å². The van der Waals surface area contributed by atoms with Crippen LogP contribution in [0.15, 0.2) is 78.9 Å². The Morgan fingerprint density at radius 1 is 0.914 bits per heavy atom. The summed E-state index contributed by atoms with van der Waals surface area (Å²) in [5.41, 5.74) is 3.50. The normalized spacial score (nSPS) is 12.0. The highest BCUT2D eigenvalue weighted by molar-refractivity contribution is 5.89. The van der Waals surface area contributed by atoms with Crippen LogP contribution in [0.3, 0.4) is 0 Å². The zero-order chi connectivity index (χ0) is 25.4. The van der Waals surface area contributed by atoms with Gasteiger partial charge in [0.05, 0.1) is 13.5 Å². The lowest BCUT2D eigenvalue weighted by atomic mass is 9.99. The Hall–Kier alpha value is -3.60. The Kier molecular flexibility index (Phi) is 8.69. The summed E-state index contributed by atoms with van der Waals surface area (Å²) in [6.45, 7) is 8.16. The molecule has 0 spiro atoms. The number of aryl methyl sites for hydroxylation is 1. The van der Waals surface area contributed by atoms with Crippen molar-refractivity contribution in [2.75, 3.05) is 7.11 Å². The summed E-state index contributed by atoms with van der Waals surface area (Å²) in [7, 11) is 1.62. The number of nitrogens with zero attached hydrogens (tertiary/aromatic N) is 1. The Morgan fingerprint density at radius 2 is 1.57 bits per heavy atom. The van der Waals surface area contributed by atoms with Gasteiger partial charge in [-0.05, 0) is 62.1 Å². The van der Waals surface area contributed by atoms with Crippen LogP contribution < -0.4 is 10.1 Å². The van der Waals surface area contributed by atoms with Crippen molar-refractivity contribution in [3.63, 3.8) is 0 Å². The fourth-order valence-corrected chi connectivity index (χ4v) is 4.05. The predicted molar refractivity (Wildman–Crippen MR) is 140 cm³/mol. The van der Waals surface area contributed by atoms with Crippen molar-refractivity contribution < 1.29 is 14.3 Å². The van der Waals surface area contributed by atoms with Gasteiger partial charge in [0.25, 0.3) is 0 Å². The summed E-state index contributed by atoms with van der Waals surface area (Å²) in [4.78, 5) is 29.2. The monoisotopic (exact) mass is 472 g/mol. The second-order valence-corrected chi connectivity index (χ2v) is 9.92. The molecule has 3 aromatic carbocycles. The SMILES string of the molecule is COc1cccc(CN(C(=O)Cc2ccccc2C)C(Cc2ccccc2)C(=O)NC(C)(C)C)c1. The number of carbonyl (C=O) groups is 2. The van der Waals surface area contributed by atoms with Crippen molar-refractivity contribution in [3.05, 3.63) is 101 Å². The predicted octanol–water partition coefficient (Wildman–Crippen LogP) is 5.10. The maximum absolute atomic E-state index is 13.8. The molecule has 5 nitrogen and oxygen atoms in total. The third-order valence-corrected chi connectivity index (χ3v) is 5.86. The van der Waals surface area contributed by atoms with Crippen LogP contribution in [-0.4, -0.2) is 35.4 Å². The quantitative estimate of drug-likeness (QED) is 0.471. The third-order valence-electron chi connectivity index (χ3n) is 5.86. The summed E-state index contributed by atoms with van der Waals surface area (Å²) in [5.74, 6) is 0.460. The van der Waals surface area contributed by atoms with E-state index in [1.54, 1.807) is 12.0 Å². The zero-order valence-corrected chi connectivity index (χ0v) is 21.4. The molecule has 3 rings (SSSR count). The van der Waals surface area contributed by atoms with Gasteiger partial charge in [-0.2, -0.15) is 0 Å². The number of carbonyl (C=O) groups excluding carboxylic acids is 2. The first-order valence-electron chi connectivity index (χ1n) is 12.0. The molecule has 5 heteroatoms. The lowest BCUT2D eigenvalue weighted by Gasteiger charge is -2.34. The highest BCUT2D eigenvalue weighted by Gasteiger charge is 2.32. The van der Waals surface area contributed by atoms with E-state index in [4.69, 9.17) is 4.74 Å². The molecule has 0 aliphatic heterocycles. The van der Waals surface area contributed by atoms with Gasteiger partial charge >= 0.3 is 0 Å². The number of amides is 2. The van der Waals surface area contributed by atoms with Crippen molar-refractivity contribution >= 4 is 11.8 Å². The average molecular weight is 473 g/mol. The summed E-state index contributed by atoms with van der Waals surface area (Å²) < 4.78 is 5.40. The molecule has 0 aromatic heterocycles. The van der Waals surface area contributed by atoms with E-state index in [-0.39, 0.29) is 18.2 Å². The van der Waals surface area contributed by atoms with Gasteiger partial charge in [-0.3, -0.25) is 9.59 Å². The lowest BCUT2D eigenvalue weighted by molar-refractivity contribution is -0.141. The Labute approximate surface area is 209 Å². The highest BCUT2D eigenvalue weighted by Crippen LogP contribution is 2.20. The summed E-state index contributed by atoms with van der Waals surface area (Å²) >= 11 is 0. The number of nitrogens with one attached hydrogen (secondary N) is 1. The first-order valence-corrected chi connectivity index (χ1v) is 12.0. The van der Waals surface area contributed by atoms with Crippen LogP contribution in [0.25, 0.3) is 0 Å². The van der Waals surface area contributed by atoms with Crippen LogP contribution in [0.2, 0.25) is 0 Å². The third kappa shape index (κ3) is 7.71. The summed E-state index contributed by atoms with van der Waals surface area (Å²) in [5, 5.41) is 3.10. The molecule has 0 heterocycles. The van der Waals surface area contributed by atoms with Gasteiger partial charge in [-0.25, -0.2) is 0 Å². The van der Waals surface area contributed by atoms with Crippen molar-refractivity contribution in [2.24, 2.45) is 0 Å². The van der Waals surface area contributed by atoms with Crippen LogP contribution in [0.1, 0.15) is 43.0 Å². The van der Waals surface area contributed by atoms with Gasteiger partial charge in [0, 0.05) is 18.5 Å². The van der Waals surface area contributed by atoms with Crippen LogP contribution in [-0.2, 0) is 29.0 Å². The molecule has 0 radical (unpaired) electrons. The van der Waals surface area contributed by atoms with E-state index in [2.05, 4.69) is 5.32 Å². The Bertz CT molecular complexity index is 1140. The van der Waals surface area contributed by atoms with E-state index in [1.165, 1.54) is 0 Å². The number of methoxy groups -OCH3 is 1. The minimum Gasteiger partial charge on any atom is -0.497 e. The van der Waals surface area contributed by atoms with Crippen LogP contribution in [0.5, 0.6) is 5.75 Å². The van der Waals surface area contributed by atoms with Crippen molar-refractivity contribution in [1.82, 2.24) is 10.2 Å². The molecular weight excluding hydrogens is 436 g/mol. The molecule has 1 unspecified atom stereocenters. The van der Waals surface area contributed by atoms with Gasteiger partial charge in [-0.1, -0.05) is 66.7 Å². The van der Waals surface area contributed by atoms with Crippen LogP contribution in [0.4, 0.5) is 0 Å². The molecule has 0 aliphatic rings. The van der Waals surface area contributed by atoms with E-state index < -0.39 is 11.6 Å². The first-order chi connectivity index (χ1) is 16.7. The first kappa shape index (κ1) is 26.0. The lowest BCUT2D eigenvalue weighted by Crippen LogP contribution is -2.54. The summed E-state index contributed by atoms with van der Waals surface area (Å²) in [6.07, 6.45) is 0.650. The second kappa shape index (κ2) is 11.7. The maximum atomic E-state index is 13.8. The molecule has 0 saturated heterocycles. The Morgan fingerprint density at radius 3 is 2.23 bits per heavy atom. The number of benzene rings is 3. The van der Waals surface area contributed by atoms with Gasteiger partial charge in [0.1, 0.15) is 11.8 Å². The molecule has 0 aliphatic carbocycles. The van der Waals surface area contributed by atoms with Crippen molar-refractivity contribution in [3.8, 4) is 5.75 Å². The minimum absolute atomic E-state index is 0.0906. The van der Waals surface area contributed by atoms with E-state index >= 15 is 0 Å². The smallest absolute Gasteiger partial charge is 0.243 e. The van der Waals surface area contributed by atoms with Gasteiger partial charge in [0.15, 0.2) is 0 Å². The van der Waals surface area contributed by atoms with Gasteiger partial charge < -0.3 is 15.0 Å². The minimum atomic E-state index is -0.667. The molecule has 0 fully saturated rings. The second-order valence-electron chi connectivity index (χ2n) is 9.92. The van der Waals surface area contributed by atoms with Crippen molar-refractivity contribution in [1.29, 1.82) is 0 Å². The number of hydrogen-bond acceptors (Lipinski definition) is 3. The average Bonchev–Trinajstić information content (AvgIpc) is 2.82. The topological polar surface area (TPSA) is 58.6 Å². The molecule has 1 atom stereocenters. The molecule has 2 amide bonds. The standard InChI is InChI=1S/C30H36N2O3/c1-22-12-9-10-16-25(22)20-28(33)32(21-24-15-11-17-26(18-24)35-5)27(29(34)31-30(2,3)4)19-23-13-7-6-8-14-23/h6-18,27H,19-21H2,1-5H3,(H,31,34). The van der Waals surface area contributed by atoms with E-state index in [0.29, 0.717) is 18.7 Å². The van der Waals surface area contributed by atoms with E-state index in [1.807, 2.05) is 107 Å². The molecule has 184 valence electrons.